The molecule has 0 saturated heterocycles. The smallest absolute Gasteiger partial charge is 0.315 e. The lowest BCUT2D eigenvalue weighted by Crippen LogP contribution is -2.34. The van der Waals surface area contributed by atoms with E-state index >= 15 is 0 Å². The fourth-order valence-electron chi connectivity index (χ4n) is 1.72. The van der Waals surface area contributed by atoms with Gasteiger partial charge in [-0.05, 0) is 19.4 Å². The summed E-state index contributed by atoms with van der Waals surface area (Å²) >= 11 is 1.59. The van der Waals surface area contributed by atoms with E-state index in [0.717, 1.165) is 15.4 Å². The maximum atomic E-state index is 11.6. The van der Waals surface area contributed by atoms with E-state index in [1.54, 1.807) is 17.5 Å². The normalized spacial score (nSPS) is 10.2. The van der Waals surface area contributed by atoms with Crippen molar-refractivity contribution in [1.29, 1.82) is 0 Å². The predicted octanol–water partition coefficient (Wildman–Crippen LogP) is 2.76. The summed E-state index contributed by atoms with van der Waals surface area (Å²) in [6, 6.07) is 7.93. The second-order valence-electron chi connectivity index (χ2n) is 4.37. The van der Waals surface area contributed by atoms with E-state index in [1.165, 1.54) is 5.56 Å². The summed E-state index contributed by atoms with van der Waals surface area (Å²) < 4.78 is 0. The van der Waals surface area contributed by atoms with E-state index < -0.39 is 0 Å². The first kappa shape index (κ1) is 13.5. The quantitative estimate of drug-likeness (QED) is 0.901. The number of rotatable bonds is 4. The molecular weight excluding hydrogens is 258 g/mol. The molecule has 4 nitrogen and oxygen atoms in total. The Kier molecular flexibility index (Phi) is 4.52. The van der Waals surface area contributed by atoms with Crippen LogP contribution in [-0.2, 0) is 13.1 Å². The molecule has 1 aromatic carbocycles. The number of carbonyl (C=O) groups is 1. The molecule has 1 aromatic heterocycles. The first-order chi connectivity index (χ1) is 9.13. The highest BCUT2D eigenvalue weighted by atomic mass is 32.1. The minimum atomic E-state index is -0.160. The van der Waals surface area contributed by atoms with Gasteiger partial charge in [-0.3, -0.25) is 0 Å². The van der Waals surface area contributed by atoms with Crippen molar-refractivity contribution in [2.75, 3.05) is 0 Å². The molecule has 5 heteroatoms. The van der Waals surface area contributed by atoms with Crippen molar-refractivity contribution >= 4 is 17.4 Å². The number of benzene rings is 1. The molecule has 2 N–H and O–H groups in total. The molecule has 100 valence electrons. The summed E-state index contributed by atoms with van der Waals surface area (Å²) in [6.07, 6.45) is 1.79. The highest BCUT2D eigenvalue weighted by Gasteiger charge is 2.02. The van der Waals surface area contributed by atoms with Crippen molar-refractivity contribution in [3.05, 3.63) is 51.5 Å². The summed E-state index contributed by atoms with van der Waals surface area (Å²) in [5.41, 5.74) is 2.30. The van der Waals surface area contributed by atoms with Gasteiger partial charge in [0, 0.05) is 17.6 Å². The first-order valence-corrected chi connectivity index (χ1v) is 6.93. The Morgan fingerprint density at radius 1 is 1.26 bits per heavy atom. The molecule has 0 aliphatic rings. The van der Waals surface area contributed by atoms with Gasteiger partial charge in [0.15, 0.2) is 0 Å². The third-order valence-electron chi connectivity index (χ3n) is 2.63. The van der Waals surface area contributed by atoms with Crippen molar-refractivity contribution < 1.29 is 4.79 Å². The largest absolute Gasteiger partial charge is 0.334 e. The number of hydrogen-bond donors (Lipinski definition) is 2. The van der Waals surface area contributed by atoms with Crippen molar-refractivity contribution in [2.24, 2.45) is 0 Å². The number of hydrogen-bond acceptors (Lipinski definition) is 3. The minimum absolute atomic E-state index is 0.160. The lowest BCUT2D eigenvalue weighted by atomic mass is 10.1. The standard InChI is InChI=1S/C14H17N3OS/c1-10-4-3-5-12(6-10)7-16-14(18)17-9-13-8-15-11(2)19-13/h3-6,8H,7,9H2,1-2H3,(H2,16,17,18). The zero-order valence-electron chi connectivity index (χ0n) is 11.1. The van der Waals surface area contributed by atoms with E-state index in [0.29, 0.717) is 13.1 Å². The Balaban J connectivity index is 1.75. The van der Waals surface area contributed by atoms with Crippen molar-refractivity contribution in [2.45, 2.75) is 26.9 Å². The average Bonchev–Trinajstić information content (AvgIpc) is 2.80. The van der Waals surface area contributed by atoms with Gasteiger partial charge in [-0.1, -0.05) is 29.8 Å². The minimum Gasteiger partial charge on any atom is -0.334 e. The van der Waals surface area contributed by atoms with Crippen LogP contribution in [0.15, 0.2) is 30.5 Å². The molecule has 0 atom stereocenters. The Labute approximate surface area is 116 Å². The summed E-state index contributed by atoms with van der Waals surface area (Å²) in [5.74, 6) is 0. The van der Waals surface area contributed by atoms with Crippen molar-refractivity contribution in [3.63, 3.8) is 0 Å². The second kappa shape index (κ2) is 6.33. The van der Waals surface area contributed by atoms with E-state index in [4.69, 9.17) is 0 Å². The molecule has 0 fully saturated rings. The number of thiazole rings is 1. The van der Waals surface area contributed by atoms with Crippen molar-refractivity contribution in [3.8, 4) is 0 Å². The summed E-state index contributed by atoms with van der Waals surface area (Å²) in [4.78, 5) is 16.8. The molecule has 2 aromatic rings. The van der Waals surface area contributed by atoms with Crippen LogP contribution in [0.25, 0.3) is 0 Å². The lowest BCUT2D eigenvalue weighted by Gasteiger charge is -2.07. The average molecular weight is 275 g/mol. The number of carbonyl (C=O) groups excluding carboxylic acids is 1. The van der Waals surface area contributed by atoms with Crippen LogP contribution in [0.1, 0.15) is 21.0 Å². The molecule has 0 radical (unpaired) electrons. The third kappa shape index (κ3) is 4.37. The van der Waals surface area contributed by atoms with Gasteiger partial charge >= 0.3 is 6.03 Å². The number of urea groups is 1. The van der Waals surface area contributed by atoms with Crippen LogP contribution in [0.4, 0.5) is 4.79 Å². The maximum Gasteiger partial charge on any atom is 0.315 e. The van der Waals surface area contributed by atoms with Crippen LogP contribution < -0.4 is 10.6 Å². The number of aryl methyl sites for hydroxylation is 2. The topological polar surface area (TPSA) is 54.0 Å². The molecule has 0 aliphatic heterocycles. The number of amides is 2. The molecule has 0 aliphatic carbocycles. The fourth-order valence-corrected chi connectivity index (χ4v) is 2.46. The highest BCUT2D eigenvalue weighted by molar-refractivity contribution is 7.11. The predicted molar refractivity (Wildman–Crippen MR) is 77.1 cm³/mol. The third-order valence-corrected chi connectivity index (χ3v) is 3.54. The van der Waals surface area contributed by atoms with Gasteiger partial charge in [-0.25, -0.2) is 9.78 Å². The number of aromatic nitrogens is 1. The maximum absolute atomic E-state index is 11.6. The van der Waals surface area contributed by atoms with Crippen LogP contribution >= 0.6 is 11.3 Å². The van der Waals surface area contributed by atoms with Gasteiger partial charge in [-0.2, -0.15) is 0 Å². The van der Waals surface area contributed by atoms with Crippen molar-refractivity contribution in [1.82, 2.24) is 15.6 Å². The highest BCUT2D eigenvalue weighted by Crippen LogP contribution is 2.10. The van der Waals surface area contributed by atoms with Gasteiger partial charge in [0.05, 0.1) is 11.6 Å². The van der Waals surface area contributed by atoms with Crippen LogP contribution in [0, 0.1) is 13.8 Å². The fraction of sp³-hybridized carbons (Fsp3) is 0.286. The second-order valence-corrected chi connectivity index (χ2v) is 5.69. The van der Waals surface area contributed by atoms with Gasteiger partial charge in [-0.15, -0.1) is 11.3 Å². The van der Waals surface area contributed by atoms with Crippen LogP contribution in [-0.4, -0.2) is 11.0 Å². The lowest BCUT2D eigenvalue weighted by molar-refractivity contribution is 0.240. The summed E-state index contributed by atoms with van der Waals surface area (Å²) in [7, 11) is 0. The molecule has 1 heterocycles. The summed E-state index contributed by atoms with van der Waals surface area (Å²) in [5, 5.41) is 6.67. The molecule has 0 spiro atoms. The monoisotopic (exact) mass is 275 g/mol. The molecule has 0 bridgehead atoms. The van der Waals surface area contributed by atoms with E-state index in [9.17, 15) is 4.79 Å². The molecular formula is C14H17N3OS. The molecule has 2 rings (SSSR count). The molecule has 2 amide bonds. The molecule has 19 heavy (non-hydrogen) atoms. The summed E-state index contributed by atoms with van der Waals surface area (Å²) in [6.45, 7) is 5.04. The van der Waals surface area contributed by atoms with Gasteiger partial charge < -0.3 is 10.6 Å². The Morgan fingerprint density at radius 2 is 2.05 bits per heavy atom. The number of nitrogens with one attached hydrogen (secondary N) is 2. The SMILES string of the molecule is Cc1cccc(CNC(=O)NCc2cnc(C)s2)c1. The molecule has 0 unspecified atom stereocenters. The van der Waals surface area contributed by atoms with Crippen LogP contribution in [0.3, 0.4) is 0 Å². The zero-order valence-corrected chi connectivity index (χ0v) is 11.9. The Morgan fingerprint density at radius 3 is 2.74 bits per heavy atom. The van der Waals surface area contributed by atoms with Crippen LogP contribution in [0.5, 0.6) is 0 Å². The van der Waals surface area contributed by atoms with E-state index in [-0.39, 0.29) is 6.03 Å². The van der Waals surface area contributed by atoms with E-state index in [2.05, 4.69) is 21.7 Å². The van der Waals surface area contributed by atoms with Gasteiger partial charge in [0.25, 0.3) is 0 Å². The van der Waals surface area contributed by atoms with E-state index in [1.807, 2.05) is 32.0 Å². The van der Waals surface area contributed by atoms with Gasteiger partial charge in [0.2, 0.25) is 0 Å². The first-order valence-electron chi connectivity index (χ1n) is 6.12. The van der Waals surface area contributed by atoms with Crippen LogP contribution in [0.2, 0.25) is 0 Å². The zero-order chi connectivity index (χ0) is 13.7. The Hall–Kier alpha value is -1.88. The Bertz CT molecular complexity index is 565. The molecule has 0 saturated carbocycles. The number of nitrogens with zero attached hydrogens (tertiary/aromatic N) is 1. The van der Waals surface area contributed by atoms with Gasteiger partial charge in [0.1, 0.15) is 0 Å².